The predicted octanol–water partition coefficient (Wildman–Crippen LogP) is 2.38. The van der Waals surface area contributed by atoms with E-state index in [0.717, 1.165) is 24.1 Å². The Morgan fingerprint density at radius 3 is 2.71 bits per heavy atom. The van der Waals surface area contributed by atoms with Crippen molar-refractivity contribution in [2.75, 3.05) is 31.1 Å². The Labute approximate surface area is 112 Å². The van der Waals surface area contributed by atoms with Crippen molar-refractivity contribution in [2.45, 2.75) is 20.4 Å². The van der Waals surface area contributed by atoms with Gasteiger partial charge in [0.05, 0.1) is 6.61 Å². The molecule has 0 aromatic heterocycles. The molecule has 0 aliphatic heterocycles. The summed E-state index contributed by atoms with van der Waals surface area (Å²) in [6.45, 7) is 7.78. The fourth-order valence-corrected chi connectivity index (χ4v) is 2.24. The summed E-state index contributed by atoms with van der Waals surface area (Å²) in [4.78, 5) is 2.19. The SMILES string of the molecule is CCNCc1cc(Br)ccc1N(CC)CCO. The summed E-state index contributed by atoms with van der Waals surface area (Å²) in [6.07, 6.45) is 0. The van der Waals surface area contributed by atoms with Gasteiger partial charge in [-0.15, -0.1) is 0 Å². The first kappa shape index (κ1) is 14.5. The Balaban J connectivity index is 2.94. The van der Waals surface area contributed by atoms with E-state index in [1.807, 2.05) is 6.07 Å². The zero-order valence-electron chi connectivity index (χ0n) is 10.5. The van der Waals surface area contributed by atoms with Gasteiger partial charge in [-0.2, -0.15) is 0 Å². The number of rotatable bonds is 7. The highest BCUT2D eigenvalue weighted by Gasteiger charge is 2.09. The summed E-state index contributed by atoms with van der Waals surface area (Å²) in [5, 5.41) is 12.4. The van der Waals surface area contributed by atoms with Gasteiger partial charge < -0.3 is 15.3 Å². The third-order valence-electron chi connectivity index (χ3n) is 2.70. The van der Waals surface area contributed by atoms with Crippen molar-refractivity contribution in [1.29, 1.82) is 0 Å². The molecule has 0 radical (unpaired) electrons. The summed E-state index contributed by atoms with van der Waals surface area (Å²) in [6, 6.07) is 6.29. The van der Waals surface area contributed by atoms with Gasteiger partial charge in [-0.25, -0.2) is 0 Å². The Bertz CT molecular complexity index is 344. The molecule has 1 aromatic rings. The van der Waals surface area contributed by atoms with Crippen LogP contribution in [0.25, 0.3) is 0 Å². The Hall–Kier alpha value is -0.580. The zero-order chi connectivity index (χ0) is 12.7. The Kier molecular flexibility index (Phi) is 6.55. The molecule has 17 heavy (non-hydrogen) atoms. The number of benzene rings is 1. The molecule has 96 valence electrons. The highest BCUT2D eigenvalue weighted by atomic mass is 79.9. The van der Waals surface area contributed by atoms with Crippen LogP contribution in [-0.2, 0) is 6.54 Å². The monoisotopic (exact) mass is 300 g/mol. The van der Waals surface area contributed by atoms with Crippen LogP contribution in [0, 0.1) is 0 Å². The molecule has 1 rings (SSSR count). The number of halogens is 1. The van der Waals surface area contributed by atoms with E-state index in [1.165, 1.54) is 11.3 Å². The van der Waals surface area contributed by atoms with Gasteiger partial charge in [0.1, 0.15) is 0 Å². The highest BCUT2D eigenvalue weighted by Crippen LogP contribution is 2.24. The van der Waals surface area contributed by atoms with E-state index < -0.39 is 0 Å². The van der Waals surface area contributed by atoms with Gasteiger partial charge in [-0.05, 0) is 37.2 Å². The van der Waals surface area contributed by atoms with Gasteiger partial charge in [-0.3, -0.25) is 0 Å². The van der Waals surface area contributed by atoms with Crippen LogP contribution in [0.4, 0.5) is 5.69 Å². The van der Waals surface area contributed by atoms with Crippen LogP contribution in [0.15, 0.2) is 22.7 Å². The van der Waals surface area contributed by atoms with Crippen molar-refractivity contribution < 1.29 is 5.11 Å². The number of likely N-dealkylation sites (N-methyl/N-ethyl adjacent to an activating group) is 1. The van der Waals surface area contributed by atoms with E-state index in [4.69, 9.17) is 5.11 Å². The van der Waals surface area contributed by atoms with Gasteiger partial charge in [0.25, 0.3) is 0 Å². The summed E-state index contributed by atoms with van der Waals surface area (Å²) < 4.78 is 1.09. The third kappa shape index (κ3) is 4.30. The number of aliphatic hydroxyl groups is 1. The van der Waals surface area contributed by atoms with Crippen molar-refractivity contribution in [3.63, 3.8) is 0 Å². The van der Waals surface area contributed by atoms with Gasteiger partial charge in [0.15, 0.2) is 0 Å². The van der Waals surface area contributed by atoms with Crippen LogP contribution >= 0.6 is 15.9 Å². The minimum atomic E-state index is 0.185. The van der Waals surface area contributed by atoms with Gasteiger partial charge in [0.2, 0.25) is 0 Å². The lowest BCUT2D eigenvalue weighted by molar-refractivity contribution is 0.302. The van der Waals surface area contributed by atoms with Crippen LogP contribution in [0.3, 0.4) is 0 Å². The fraction of sp³-hybridized carbons (Fsp3) is 0.538. The number of hydrogen-bond donors (Lipinski definition) is 2. The van der Waals surface area contributed by atoms with Crippen molar-refractivity contribution in [2.24, 2.45) is 0 Å². The molecular weight excluding hydrogens is 280 g/mol. The second kappa shape index (κ2) is 7.69. The number of aliphatic hydroxyl groups excluding tert-OH is 1. The maximum Gasteiger partial charge on any atom is 0.0606 e. The topological polar surface area (TPSA) is 35.5 Å². The normalized spacial score (nSPS) is 10.6. The van der Waals surface area contributed by atoms with Crippen LogP contribution in [0.2, 0.25) is 0 Å². The molecule has 0 amide bonds. The number of nitrogens with zero attached hydrogens (tertiary/aromatic N) is 1. The maximum atomic E-state index is 9.08. The largest absolute Gasteiger partial charge is 0.395 e. The minimum Gasteiger partial charge on any atom is -0.395 e. The summed E-state index contributed by atoms with van der Waals surface area (Å²) >= 11 is 3.50. The second-order valence-electron chi connectivity index (χ2n) is 3.86. The number of anilines is 1. The quantitative estimate of drug-likeness (QED) is 0.811. The van der Waals surface area contributed by atoms with Crippen LogP contribution in [-0.4, -0.2) is 31.3 Å². The smallest absolute Gasteiger partial charge is 0.0606 e. The lowest BCUT2D eigenvalue weighted by Crippen LogP contribution is -2.28. The molecule has 0 fully saturated rings. The maximum absolute atomic E-state index is 9.08. The molecule has 4 heteroatoms. The molecule has 0 aliphatic rings. The van der Waals surface area contributed by atoms with Crippen LogP contribution in [0.1, 0.15) is 19.4 Å². The molecule has 1 aromatic carbocycles. The standard InChI is InChI=1S/C13H21BrN2O/c1-3-15-10-11-9-12(14)5-6-13(11)16(4-2)7-8-17/h5-6,9,15,17H,3-4,7-8,10H2,1-2H3. The molecule has 0 bridgehead atoms. The third-order valence-corrected chi connectivity index (χ3v) is 3.19. The minimum absolute atomic E-state index is 0.185. The second-order valence-corrected chi connectivity index (χ2v) is 4.77. The Morgan fingerprint density at radius 2 is 2.12 bits per heavy atom. The molecule has 0 atom stereocenters. The van der Waals surface area contributed by atoms with Crippen molar-refractivity contribution in [1.82, 2.24) is 5.32 Å². The first-order valence-electron chi connectivity index (χ1n) is 6.07. The van der Waals surface area contributed by atoms with Crippen molar-refractivity contribution in [3.05, 3.63) is 28.2 Å². The van der Waals surface area contributed by atoms with E-state index in [-0.39, 0.29) is 6.61 Å². The summed E-state index contributed by atoms with van der Waals surface area (Å²) in [5.74, 6) is 0. The highest BCUT2D eigenvalue weighted by molar-refractivity contribution is 9.10. The molecule has 0 unspecified atom stereocenters. The van der Waals surface area contributed by atoms with E-state index in [9.17, 15) is 0 Å². The van der Waals surface area contributed by atoms with E-state index in [1.54, 1.807) is 0 Å². The van der Waals surface area contributed by atoms with E-state index >= 15 is 0 Å². The summed E-state index contributed by atoms with van der Waals surface area (Å²) in [7, 11) is 0. The Morgan fingerprint density at radius 1 is 1.35 bits per heavy atom. The molecule has 0 spiro atoms. The predicted molar refractivity (Wildman–Crippen MR) is 76.5 cm³/mol. The van der Waals surface area contributed by atoms with Gasteiger partial charge in [0, 0.05) is 29.8 Å². The lowest BCUT2D eigenvalue weighted by atomic mass is 10.1. The molecule has 0 saturated carbocycles. The summed E-state index contributed by atoms with van der Waals surface area (Å²) in [5.41, 5.74) is 2.46. The van der Waals surface area contributed by atoms with Crippen LogP contribution < -0.4 is 10.2 Å². The first-order valence-corrected chi connectivity index (χ1v) is 6.87. The number of hydrogen-bond acceptors (Lipinski definition) is 3. The molecular formula is C13H21BrN2O. The van der Waals surface area contributed by atoms with E-state index in [0.29, 0.717) is 6.54 Å². The molecule has 0 aliphatic carbocycles. The average molecular weight is 301 g/mol. The lowest BCUT2D eigenvalue weighted by Gasteiger charge is -2.25. The van der Waals surface area contributed by atoms with Crippen LogP contribution in [0.5, 0.6) is 0 Å². The van der Waals surface area contributed by atoms with Crippen molar-refractivity contribution >= 4 is 21.6 Å². The number of nitrogens with one attached hydrogen (secondary N) is 1. The van der Waals surface area contributed by atoms with Gasteiger partial charge >= 0.3 is 0 Å². The molecule has 3 nitrogen and oxygen atoms in total. The zero-order valence-corrected chi connectivity index (χ0v) is 12.1. The average Bonchev–Trinajstić information content (AvgIpc) is 2.34. The van der Waals surface area contributed by atoms with Crippen molar-refractivity contribution in [3.8, 4) is 0 Å². The van der Waals surface area contributed by atoms with E-state index in [2.05, 4.69) is 52.1 Å². The molecule has 2 N–H and O–H groups in total. The first-order chi connectivity index (χ1) is 8.22. The molecule has 0 heterocycles. The fourth-order valence-electron chi connectivity index (χ4n) is 1.83. The van der Waals surface area contributed by atoms with Gasteiger partial charge in [-0.1, -0.05) is 22.9 Å². The molecule has 0 saturated heterocycles.